The fraction of sp³-hybridized carbons (Fsp3) is 0.211. The number of amides is 3. The minimum Gasteiger partial charge on any atom is -0.495 e. The molecule has 7 nitrogen and oxygen atoms in total. The summed E-state index contributed by atoms with van der Waals surface area (Å²) in [6.07, 6.45) is 1.01. The van der Waals surface area contributed by atoms with Gasteiger partial charge in [0.15, 0.2) is 0 Å². The Balaban J connectivity index is 1.83. The first kappa shape index (κ1) is 17.5. The van der Waals surface area contributed by atoms with Gasteiger partial charge in [-0.25, -0.2) is 0 Å². The smallest absolute Gasteiger partial charge is 0.255 e. The number of aryl methyl sites for hydroxylation is 1. The van der Waals surface area contributed by atoms with Crippen LogP contribution in [0, 0.1) is 0 Å². The maximum absolute atomic E-state index is 12.6. The number of benzene rings is 2. The van der Waals surface area contributed by atoms with Crippen molar-refractivity contribution in [3.8, 4) is 5.75 Å². The van der Waals surface area contributed by atoms with E-state index in [2.05, 4.69) is 16.0 Å². The van der Waals surface area contributed by atoms with Gasteiger partial charge in [0.2, 0.25) is 11.8 Å². The van der Waals surface area contributed by atoms with E-state index in [4.69, 9.17) is 4.74 Å². The van der Waals surface area contributed by atoms with E-state index < -0.39 is 0 Å². The molecule has 0 aromatic heterocycles. The Morgan fingerprint density at radius 3 is 2.62 bits per heavy atom. The molecule has 1 aliphatic heterocycles. The Kier molecular flexibility index (Phi) is 4.88. The highest BCUT2D eigenvalue weighted by atomic mass is 16.5. The first-order chi connectivity index (χ1) is 12.5. The van der Waals surface area contributed by atoms with Crippen molar-refractivity contribution in [2.24, 2.45) is 0 Å². The summed E-state index contributed by atoms with van der Waals surface area (Å²) >= 11 is 0. The summed E-state index contributed by atoms with van der Waals surface area (Å²) in [6, 6.07) is 10.2. The molecular formula is C19H19N3O4. The van der Waals surface area contributed by atoms with Crippen molar-refractivity contribution in [2.75, 3.05) is 23.1 Å². The van der Waals surface area contributed by atoms with E-state index in [-0.39, 0.29) is 17.7 Å². The third-order valence-electron chi connectivity index (χ3n) is 4.03. The van der Waals surface area contributed by atoms with Crippen molar-refractivity contribution < 1.29 is 19.1 Å². The predicted octanol–water partition coefficient (Wildman–Crippen LogP) is 2.79. The van der Waals surface area contributed by atoms with Crippen molar-refractivity contribution in [2.45, 2.75) is 19.8 Å². The first-order valence-electron chi connectivity index (χ1n) is 8.16. The monoisotopic (exact) mass is 353 g/mol. The number of ether oxygens (including phenoxy) is 1. The molecule has 0 atom stereocenters. The van der Waals surface area contributed by atoms with Crippen LogP contribution in [0.4, 0.5) is 17.1 Å². The minimum absolute atomic E-state index is 0.0192. The van der Waals surface area contributed by atoms with Crippen LogP contribution in [0.2, 0.25) is 0 Å². The van der Waals surface area contributed by atoms with E-state index in [1.165, 1.54) is 14.0 Å². The molecule has 0 unspecified atom stereocenters. The van der Waals surface area contributed by atoms with Crippen molar-refractivity contribution in [1.82, 2.24) is 0 Å². The fourth-order valence-electron chi connectivity index (χ4n) is 2.81. The summed E-state index contributed by atoms with van der Waals surface area (Å²) in [5.74, 6) is -0.0425. The van der Waals surface area contributed by atoms with E-state index in [1.54, 1.807) is 36.4 Å². The van der Waals surface area contributed by atoms with Crippen molar-refractivity contribution in [3.05, 3.63) is 47.5 Å². The largest absolute Gasteiger partial charge is 0.495 e. The lowest BCUT2D eigenvalue weighted by atomic mass is 10.00. The summed E-state index contributed by atoms with van der Waals surface area (Å²) in [5.41, 5.74) is 3.16. The van der Waals surface area contributed by atoms with Gasteiger partial charge in [-0.05, 0) is 48.4 Å². The molecule has 0 fully saturated rings. The van der Waals surface area contributed by atoms with Crippen LogP contribution in [-0.2, 0) is 16.0 Å². The van der Waals surface area contributed by atoms with Crippen molar-refractivity contribution >= 4 is 34.8 Å². The van der Waals surface area contributed by atoms with Crippen molar-refractivity contribution in [3.63, 3.8) is 0 Å². The third-order valence-corrected chi connectivity index (χ3v) is 4.03. The van der Waals surface area contributed by atoms with Gasteiger partial charge in [0.1, 0.15) is 5.75 Å². The number of nitrogens with one attached hydrogen (secondary N) is 3. The van der Waals surface area contributed by atoms with Gasteiger partial charge < -0.3 is 20.7 Å². The predicted molar refractivity (Wildman–Crippen MR) is 98.6 cm³/mol. The zero-order valence-electron chi connectivity index (χ0n) is 14.5. The zero-order valence-corrected chi connectivity index (χ0v) is 14.5. The van der Waals surface area contributed by atoms with Crippen molar-refractivity contribution in [1.29, 1.82) is 0 Å². The van der Waals surface area contributed by atoms with Crippen LogP contribution >= 0.6 is 0 Å². The molecule has 0 bridgehead atoms. The Labute approximate surface area is 150 Å². The van der Waals surface area contributed by atoms with E-state index in [0.717, 1.165) is 11.3 Å². The van der Waals surface area contributed by atoms with Gasteiger partial charge in [0.25, 0.3) is 5.91 Å². The number of hydrogen-bond donors (Lipinski definition) is 3. The molecule has 0 aliphatic carbocycles. The van der Waals surface area contributed by atoms with E-state index >= 15 is 0 Å². The summed E-state index contributed by atoms with van der Waals surface area (Å²) in [6.45, 7) is 1.41. The highest BCUT2D eigenvalue weighted by Gasteiger charge is 2.17. The molecule has 0 saturated carbocycles. The quantitative estimate of drug-likeness (QED) is 0.787. The Morgan fingerprint density at radius 1 is 1.08 bits per heavy atom. The zero-order chi connectivity index (χ0) is 18.7. The van der Waals surface area contributed by atoms with Crippen LogP contribution in [0.25, 0.3) is 0 Å². The van der Waals surface area contributed by atoms with Crippen LogP contribution in [0.5, 0.6) is 5.75 Å². The Bertz CT molecular complexity index is 892. The first-order valence-corrected chi connectivity index (χ1v) is 8.16. The maximum Gasteiger partial charge on any atom is 0.255 e. The number of rotatable bonds is 4. The molecule has 0 saturated heterocycles. The molecule has 0 radical (unpaired) electrons. The summed E-state index contributed by atoms with van der Waals surface area (Å²) < 4.78 is 5.27. The average molecular weight is 353 g/mol. The molecule has 2 aromatic rings. The van der Waals surface area contributed by atoms with Crippen LogP contribution in [0.1, 0.15) is 29.3 Å². The van der Waals surface area contributed by atoms with E-state index in [0.29, 0.717) is 35.5 Å². The van der Waals surface area contributed by atoms with Crippen LogP contribution in [-0.4, -0.2) is 24.8 Å². The molecule has 1 aliphatic rings. The lowest BCUT2D eigenvalue weighted by Gasteiger charge is -2.18. The number of carbonyl (C=O) groups is 3. The number of carbonyl (C=O) groups excluding carboxylic acids is 3. The number of hydrogen-bond acceptors (Lipinski definition) is 4. The highest BCUT2D eigenvalue weighted by molar-refractivity contribution is 6.06. The lowest BCUT2D eigenvalue weighted by Crippen LogP contribution is -2.20. The molecule has 7 heteroatoms. The van der Waals surface area contributed by atoms with Crippen LogP contribution in [0.3, 0.4) is 0 Å². The second-order valence-corrected chi connectivity index (χ2v) is 5.97. The molecule has 1 heterocycles. The second kappa shape index (κ2) is 7.26. The minimum atomic E-state index is -0.303. The van der Waals surface area contributed by atoms with Gasteiger partial charge in [-0.3, -0.25) is 14.4 Å². The van der Waals surface area contributed by atoms with Gasteiger partial charge in [-0.1, -0.05) is 0 Å². The maximum atomic E-state index is 12.6. The summed E-state index contributed by atoms with van der Waals surface area (Å²) in [4.78, 5) is 35.3. The van der Waals surface area contributed by atoms with Crippen LogP contribution in [0.15, 0.2) is 36.4 Å². The van der Waals surface area contributed by atoms with Gasteiger partial charge >= 0.3 is 0 Å². The Hall–Kier alpha value is -3.35. The molecular weight excluding hydrogens is 334 g/mol. The number of fused-ring (bicyclic) bond motifs is 1. The molecule has 3 rings (SSSR count). The number of anilines is 3. The normalized spacial score (nSPS) is 12.6. The average Bonchev–Trinajstić information content (AvgIpc) is 2.61. The molecule has 26 heavy (non-hydrogen) atoms. The fourth-order valence-corrected chi connectivity index (χ4v) is 2.81. The number of methoxy groups -OCH3 is 1. The summed E-state index contributed by atoms with van der Waals surface area (Å²) in [5, 5.41) is 8.26. The molecule has 0 spiro atoms. The standard InChI is InChI=1S/C19H19N3O4/c1-11(23)20-14-5-7-17(26-2)16(10-14)22-19(25)13-3-6-15-12(9-13)4-8-18(24)21-15/h3,5-7,9-10H,4,8H2,1-2H3,(H,20,23)(H,21,24)(H,22,25). The van der Waals surface area contributed by atoms with Crippen LogP contribution < -0.4 is 20.7 Å². The SMILES string of the molecule is COc1ccc(NC(C)=O)cc1NC(=O)c1ccc2c(c1)CCC(=O)N2. The van der Waals surface area contributed by atoms with E-state index in [1.807, 2.05) is 0 Å². The third kappa shape index (κ3) is 3.83. The lowest BCUT2D eigenvalue weighted by molar-refractivity contribution is -0.116. The van der Waals surface area contributed by atoms with E-state index in [9.17, 15) is 14.4 Å². The Morgan fingerprint density at radius 2 is 1.88 bits per heavy atom. The summed E-state index contributed by atoms with van der Waals surface area (Å²) in [7, 11) is 1.50. The van der Waals surface area contributed by atoms with Gasteiger partial charge in [-0.15, -0.1) is 0 Å². The second-order valence-electron chi connectivity index (χ2n) is 5.97. The van der Waals surface area contributed by atoms with Gasteiger partial charge in [0, 0.05) is 30.3 Å². The molecule has 134 valence electrons. The molecule has 3 N–H and O–H groups in total. The van der Waals surface area contributed by atoms with Gasteiger partial charge in [-0.2, -0.15) is 0 Å². The topological polar surface area (TPSA) is 96.5 Å². The highest BCUT2D eigenvalue weighted by Crippen LogP contribution is 2.29. The van der Waals surface area contributed by atoms with Gasteiger partial charge in [0.05, 0.1) is 12.8 Å². The molecule has 2 aromatic carbocycles. The molecule has 3 amide bonds.